The molecule has 6 atom stereocenters. The van der Waals surface area contributed by atoms with Crippen LogP contribution in [0.4, 0.5) is 11.6 Å². The van der Waals surface area contributed by atoms with E-state index in [0.29, 0.717) is 103 Å². The maximum absolute atomic E-state index is 13.9. The summed E-state index contributed by atoms with van der Waals surface area (Å²) in [6.07, 6.45) is 12.8. The third kappa shape index (κ3) is 33.2. The molecule has 10 heterocycles. The van der Waals surface area contributed by atoms with E-state index < -0.39 is 70.8 Å². The highest BCUT2D eigenvalue weighted by Crippen LogP contribution is 2.35. The van der Waals surface area contributed by atoms with Crippen molar-refractivity contribution in [2.24, 2.45) is 30.7 Å². The summed E-state index contributed by atoms with van der Waals surface area (Å²) in [5, 5.41) is 48.7. The van der Waals surface area contributed by atoms with Crippen LogP contribution in [0.25, 0.3) is 42.9 Å². The highest BCUT2D eigenvalue weighted by Gasteiger charge is 2.47. The molecule has 6 aromatic heterocycles. The summed E-state index contributed by atoms with van der Waals surface area (Å²) in [6, 6.07) is 14.2. The minimum absolute atomic E-state index is 0.000541. The standard InChI is InChI=1S/C49H72N10O9S.C32H49N5O8S.C16H23ClN6O/c1-33-44(69-32-51-33)35-10-8-34(9-11-35)28-50-47(62)40-27-38(60)30-59(40)48(63)45(49(2,3)4)56-42(61)31-68-26-25-67-24-23-66-22-21-64-18-6-7-41-54-39-29-52-57(5)43(39)46(55-41)53-36-12-14-37(15-13-36)58-16-19-65-20-17-58;1-22-28(46-21-35-22)24-7-5-23(6-8-24)18-34-30(40)26-17-25(38)19-37(26)31(41)29(32(2,3)4)36-27(39)20-45-16-15-44-14-13-43-12-11-42-10-9-33;1-22-14-13(10-18-22)20-16(17)21-15(14)19-11-2-4-12(5-3-11)23-6-8-24-9-7-23/h8-11,29,32,36-38,40,45,60H,6-7,12-28,30-31H2,1-5H3,(H,50,62)(H,56,61)(H,53,54,55);5-8,21,25-26,29,38H,9-20,33H2,1-4H3,(H,34,40)(H,36,39);10-12H,2-9H2,1H3,(H,19,20,21)/t36?,37?,38-,40+,45-;25-,26+,29-;/m11./s1. The summed E-state index contributed by atoms with van der Waals surface area (Å²) >= 11 is 9.21. The number of anilines is 2. The highest BCUT2D eigenvalue weighted by atomic mass is 35.5. The third-order valence-electron chi connectivity index (χ3n) is 25.5. The fourth-order valence-corrected chi connectivity index (χ4v) is 19.8. The molecule has 14 rings (SSSR count). The Morgan fingerprint density at radius 3 is 1.26 bits per heavy atom. The number of likely N-dealkylation sites (tertiary alicyclic amines) is 2. The van der Waals surface area contributed by atoms with E-state index in [2.05, 4.69) is 71.8 Å². The molecule has 4 saturated heterocycles. The number of nitrogens with two attached hydrogens (primary N) is 1. The van der Waals surface area contributed by atoms with Gasteiger partial charge in [0.2, 0.25) is 40.7 Å². The van der Waals surface area contributed by atoms with Crippen LogP contribution in [0.2, 0.25) is 5.28 Å². The molecule has 2 aliphatic carbocycles. The number of morpholine rings is 2. The van der Waals surface area contributed by atoms with E-state index in [1.807, 2.05) is 134 Å². The topological polar surface area (TPSA) is 459 Å². The maximum atomic E-state index is 13.9. The lowest BCUT2D eigenvalue weighted by atomic mass is 9.85. The summed E-state index contributed by atoms with van der Waals surface area (Å²) in [5.74, 6) is -0.110. The van der Waals surface area contributed by atoms with Gasteiger partial charge < -0.3 is 105 Å². The quantitative estimate of drug-likeness (QED) is 0.0137. The molecule has 0 unspecified atom stereocenters. The molecule has 2 saturated carbocycles. The Bertz CT molecular complexity index is 5130. The number of thiazole rings is 2. The second-order valence-electron chi connectivity index (χ2n) is 38.0. The molecule has 2 aromatic carbocycles. The number of aliphatic hydroxyl groups is 2. The molecule has 6 amide bonds. The number of aliphatic hydroxyl groups excluding tert-OH is 2. The maximum Gasteiger partial charge on any atom is 0.246 e. The number of nitrogens with one attached hydrogen (secondary N) is 6. The molecule has 0 spiro atoms. The average molecular weight is 1990 g/mol. The number of hydrogen-bond acceptors (Lipinski definition) is 33. The smallest absolute Gasteiger partial charge is 0.246 e. The van der Waals surface area contributed by atoms with Crippen LogP contribution in [0, 0.1) is 24.7 Å². The zero-order valence-electron chi connectivity index (χ0n) is 82.2. The van der Waals surface area contributed by atoms with E-state index in [9.17, 15) is 39.0 Å². The average Bonchev–Trinajstić information content (AvgIpc) is 1.67. The normalized spacial score (nSPS) is 20.4. The van der Waals surface area contributed by atoms with Gasteiger partial charge in [0, 0.05) is 123 Å². The first-order valence-electron chi connectivity index (χ1n) is 48.7. The van der Waals surface area contributed by atoms with Gasteiger partial charge in [0.1, 0.15) is 65.3 Å². The van der Waals surface area contributed by atoms with Crippen LogP contribution in [0.1, 0.15) is 141 Å². The molecule has 4 aliphatic heterocycles. The van der Waals surface area contributed by atoms with Gasteiger partial charge in [-0.25, -0.2) is 24.9 Å². The number of hydrogen-bond donors (Lipinski definition) is 9. The molecule has 6 aliphatic rings. The number of rotatable bonds is 46. The van der Waals surface area contributed by atoms with Crippen molar-refractivity contribution in [2.45, 2.75) is 206 Å². The number of carbonyl (C=O) groups is 6. The number of carbonyl (C=O) groups excluding carboxylic acids is 6. The molecule has 39 nitrogen and oxygen atoms in total. The van der Waals surface area contributed by atoms with E-state index in [1.165, 1.54) is 35.5 Å². The molecular weight excluding hydrogens is 1850 g/mol. The van der Waals surface area contributed by atoms with Gasteiger partial charge in [-0.2, -0.15) is 15.2 Å². The predicted octanol–water partition coefficient (Wildman–Crippen LogP) is 6.98. The Morgan fingerprint density at radius 1 is 0.504 bits per heavy atom. The lowest BCUT2D eigenvalue weighted by Gasteiger charge is -2.39. The van der Waals surface area contributed by atoms with Crippen molar-refractivity contribution in [1.82, 2.24) is 90.3 Å². The van der Waals surface area contributed by atoms with Crippen LogP contribution in [0.15, 0.2) is 71.9 Å². The van der Waals surface area contributed by atoms with Crippen molar-refractivity contribution in [3.63, 3.8) is 0 Å². The molecule has 42 heteroatoms. The molecular formula is C97H144ClN21O18S2. The summed E-state index contributed by atoms with van der Waals surface area (Å²) in [6.45, 7) is 28.3. The van der Waals surface area contributed by atoms with Gasteiger partial charge in [-0.3, -0.25) is 47.9 Å². The zero-order chi connectivity index (χ0) is 98.8. The number of fused-ring (bicyclic) bond motifs is 2. The first kappa shape index (κ1) is 109. The van der Waals surface area contributed by atoms with Gasteiger partial charge in [0.25, 0.3) is 0 Å². The second kappa shape index (κ2) is 55.0. The van der Waals surface area contributed by atoms with Crippen LogP contribution >= 0.6 is 34.3 Å². The number of aryl methyl sites for hydroxylation is 5. The summed E-state index contributed by atoms with van der Waals surface area (Å²) in [4.78, 5) is 117. The predicted molar refractivity (Wildman–Crippen MR) is 529 cm³/mol. The largest absolute Gasteiger partial charge is 0.391 e. The van der Waals surface area contributed by atoms with Crippen LogP contribution in [0.5, 0.6) is 0 Å². The van der Waals surface area contributed by atoms with Gasteiger partial charge in [0.05, 0.1) is 169 Å². The van der Waals surface area contributed by atoms with Crippen molar-refractivity contribution in [1.29, 1.82) is 0 Å². The molecule has 8 aromatic rings. The van der Waals surface area contributed by atoms with Crippen molar-refractivity contribution < 1.29 is 86.3 Å². The van der Waals surface area contributed by atoms with Gasteiger partial charge in [0.15, 0.2) is 11.6 Å². The number of ether oxygens (including phenoxy) is 10. The molecule has 764 valence electrons. The second-order valence-corrected chi connectivity index (χ2v) is 40.0. The lowest BCUT2D eigenvalue weighted by Crippen LogP contribution is -2.58. The van der Waals surface area contributed by atoms with E-state index in [0.717, 1.165) is 168 Å². The molecule has 6 fully saturated rings. The van der Waals surface area contributed by atoms with Crippen molar-refractivity contribution in [2.75, 3.05) is 189 Å². The number of benzene rings is 2. The Balaban J connectivity index is 0.000000210. The van der Waals surface area contributed by atoms with Gasteiger partial charge in [-0.1, -0.05) is 90.1 Å². The molecule has 0 radical (unpaired) electrons. The van der Waals surface area contributed by atoms with Crippen LogP contribution < -0.4 is 37.6 Å². The van der Waals surface area contributed by atoms with Gasteiger partial charge >= 0.3 is 0 Å². The SMILES string of the molecule is Cc1ncsc1-c1ccc(CNC(=O)[C@@H]2C[C@@H](O)CN2C(=O)[C@@H](NC(=O)COCCOCCOCCOCCCc2nc(NC3CCC(N4CCOCC4)CC3)c3c(cnn3C)n2)C(C)(C)C)cc1.Cc1ncsc1-c1ccc(CNC(=O)[C@@H]2C[C@@H](O)CN2C(=O)[C@@H](NC(=O)COCCOCCOCCOCCN)C(C)(C)C)cc1.Cn1ncc2nc(Cl)nc(NC3CCC(N4CCOCC4)CC3)c21. The van der Waals surface area contributed by atoms with E-state index in [-0.39, 0.29) is 95.8 Å². The Hall–Kier alpha value is -9.09. The fourth-order valence-electron chi connectivity index (χ4n) is 18.0. The molecule has 10 N–H and O–H groups in total. The zero-order valence-corrected chi connectivity index (χ0v) is 84.5. The fraction of sp³-hybridized carbons (Fsp3) is 0.649. The van der Waals surface area contributed by atoms with Gasteiger partial charge in [-0.05, 0) is 116 Å². The monoisotopic (exact) mass is 1990 g/mol. The van der Waals surface area contributed by atoms with E-state index in [4.69, 9.17) is 74.7 Å². The molecule has 139 heavy (non-hydrogen) atoms. The Labute approximate surface area is 827 Å². The summed E-state index contributed by atoms with van der Waals surface area (Å²) in [5.41, 5.74) is 16.9. The number of aromatic nitrogens is 10. The number of halogens is 1. The Kier molecular flexibility index (Phi) is 43.0. The number of amides is 6. The van der Waals surface area contributed by atoms with E-state index >= 15 is 0 Å². The Morgan fingerprint density at radius 2 is 0.878 bits per heavy atom. The molecule has 0 bridgehead atoms. The van der Waals surface area contributed by atoms with Crippen molar-refractivity contribution in [3.05, 3.63) is 106 Å². The van der Waals surface area contributed by atoms with Gasteiger partial charge in [-0.15, -0.1) is 22.7 Å². The van der Waals surface area contributed by atoms with E-state index in [1.54, 1.807) is 39.7 Å². The first-order valence-corrected chi connectivity index (χ1v) is 50.8. The van der Waals surface area contributed by atoms with Crippen LogP contribution in [-0.4, -0.2) is 353 Å². The minimum atomic E-state index is -0.956. The lowest BCUT2D eigenvalue weighted by molar-refractivity contribution is -0.144. The number of nitrogens with zero attached hydrogens (tertiary/aromatic N) is 14. The van der Waals surface area contributed by atoms with Crippen LogP contribution in [0.3, 0.4) is 0 Å². The third-order valence-corrected chi connectivity index (χ3v) is 27.6. The first-order chi connectivity index (χ1) is 67.0. The summed E-state index contributed by atoms with van der Waals surface area (Å²) in [7, 11) is 3.83. The number of β-amino-alcohol motifs (C(OH)–C–C–N with tert-alkyl or cyclic N) is 2. The highest BCUT2D eigenvalue weighted by molar-refractivity contribution is 7.13. The summed E-state index contributed by atoms with van der Waals surface area (Å²) < 4.78 is 58.7. The van der Waals surface area contributed by atoms with Crippen molar-refractivity contribution >= 4 is 103 Å². The minimum Gasteiger partial charge on any atom is -0.391 e. The van der Waals surface area contributed by atoms with Crippen LogP contribution in [-0.2, 0) is 110 Å². The van der Waals surface area contributed by atoms with Crippen molar-refractivity contribution in [3.8, 4) is 20.9 Å².